The van der Waals surface area contributed by atoms with Crippen LogP contribution in [0.5, 0.6) is 0 Å². The first kappa shape index (κ1) is 19.8. The standard InChI is InChI=1S/C20H21F2N3O3/c1-28-13-19(26)23-15-4-6-16(7-5-15)25-10-2-9-24(20(25)27)12-14-3-8-17(21)18(22)11-14/h3-8,11H,2,9-10,12-13H2,1H3,(H,23,26). The quantitative estimate of drug-likeness (QED) is 0.824. The molecule has 0 bridgehead atoms. The Kier molecular flexibility index (Phi) is 6.20. The summed E-state index contributed by atoms with van der Waals surface area (Å²) in [4.78, 5) is 27.6. The second-order valence-corrected chi connectivity index (χ2v) is 6.49. The summed E-state index contributed by atoms with van der Waals surface area (Å²) in [6, 6.07) is 10.4. The van der Waals surface area contributed by atoms with Gasteiger partial charge in [0.25, 0.3) is 0 Å². The number of carbonyl (C=O) groups is 2. The molecule has 0 aliphatic carbocycles. The van der Waals surface area contributed by atoms with Crippen molar-refractivity contribution in [2.45, 2.75) is 13.0 Å². The largest absolute Gasteiger partial charge is 0.375 e. The van der Waals surface area contributed by atoms with Gasteiger partial charge in [0, 0.05) is 38.1 Å². The molecule has 1 saturated heterocycles. The fourth-order valence-electron chi connectivity index (χ4n) is 3.08. The summed E-state index contributed by atoms with van der Waals surface area (Å²) in [7, 11) is 1.44. The van der Waals surface area contributed by atoms with Crippen LogP contribution in [-0.4, -0.2) is 43.6 Å². The van der Waals surface area contributed by atoms with Gasteiger partial charge in [0.15, 0.2) is 11.6 Å². The van der Waals surface area contributed by atoms with Crippen molar-refractivity contribution in [2.75, 3.05) is 37.0 Å². The summed E-state index contributed by atoms with van der Waals surface area (Å²) in [5.74, 6) is -2.10. The number of carbonyl (C=O) groups excluding carboxylic acids is 2. The Hall–Kier alpha value is -3.00. The lowest BCUT2D eigenvalue weighted by atomic mass is 10.1. The van der Waals surface area contributed by atoms with Crippen LogP contribution in [0, 0.1) is 11.6 Å². The second-order valence-electron chi connectivity index (χ2n) is 6.49. The molecule has 8 heteroatoms. The van der Waals surface area contributed by atoms with E-state index in [1.165, 1.54) is 13.2 Å². The lowest BCUT2D eigenvalue weighted by molar-refractivity contribution is -0.119. The molecule has 0 spiro atoms. The fourth-order valence-corrected chi connectivity index (χ4v) is 3.08. The van der Waals surface area contributed by atoms with Gasteiger partial charge in [0.05, 0.1) is 0 Å². The highest BCUT2D eigenvalue weighted by Gasteiger charge is 2.27. The Labute approximate surface area is 161 Å². The van der Waals surface area contributed by atoms with Crippen LogP contribution in [0.15, 0.2) is 42.5 Å². The number of hydrogen-bond donors (Lipinski definition) is 1. The zero-order chi connectivity index (χ0) is 20.1. The van der Waals surface area contributed by atoms with Crippen LogP contribution in [0.1, 0.15) is 12.0 Å². The van der Waals surface area contributed by atoms with Gasteiger partial charge in [-0.1, -0.05) is 6.07 Å². The number of nitrogens with one attached hydrogen (secondary N) is 1. The number of methoxy groups -OCH3 is 1. The Bertz CT molecular complexity index is 858. The van der Waals surface area contributed by atoms with Crippen LogP contribution in [0.2, 0.25) is 0 Å². The van der Waals surface area contributed by atoms with Crippen molar-refractivity contribution in [2.24, 2.45) is 0 Å². The summed E-state index contributed by atoms with van der Waals surface area (Å²) in [6.07, 6.45) is 0.752. The highest BCUT2D eigenvalue weighted by molar-refractivity contribution is 5.94. The number of urea groups is 1. The first-order valence-corrected chi connectivity index (χ1v) is 8.87. The van der Waals surface area contributed by atoms with E-state index in [-0.39, 0.29) is 25.1 Å². The van der Waals surface area contributed by atoms with Gasteiger partial charge in [-0.2, -0.15) is 0 Å². The van der Waals surface area contributed by atoms with Gasteiger partial charge >= 0.3 is 6.03 Å². The van der Waals surface area contributed by atoms with Crippen molar-refractivity contribution in [1.29, 1.82) is 0 Å². The van der Waals surface area contributed by atoms with Gasteiger partial charge in [-0.05, 0) is 48.4 Å². The highest BCUT2D eigenvalue weighted by Crippen LogP contribution is 2.23. The predicted octanol–water partition coefficient (Wildman–Crippen LogP) is 3.38. The molecule has 3 amide bonds. The highest BCUT2D eigenvalue weighted by atomic mass is 19.2. The summed E-state index contributed by atoms with van der Waals surface area (Å²) in [5, 5.41) is 2.69. The van der Waals surface area contributed by atoms with E-state index in [9.17, 15) is 18.4 Å². The van der Waals surface area contributed by atoms with Crippen molar-refractivity contribution >= 4 is 23.3 Å². The van der Waals surface area contributed by atoms with Crippen molar-refractivity contribution in [1.82, 2.24) is 4.90 Å². The lowest BCUT2D eigenvalue weighted by Gasteiger charge is -2.35. The number of benzene rings is 2. The van der Waals surface area contributed by atoms with Crippen LogP contribution >= 0.6 is 0 Å². The molecular formula is C20H21F2N3O3. The molecule has 0 atom stereocenters. The van der Waals surface area contributed by atoms with Gasteiger partial charge in [-0.25, -0.2) is 13.6 Å². The minimum absolute atomic E-state index is 0.0364. The normalized spacial score (nSPS) is 14.3. The van der Waals surface area contributed by atoms with Crippen molar-refractivity contribution in [3.63, 3.8) is 0 Å². The zero-order valence-corrected chi connectivity index (χ0v) is 15.5. The second kappa shape index (κ2) is 8.79. The molecule has 3 rings (SSSR count). The molecule has 1 fully saturated rings. The third kappa shape index (κ3) is 4.64. The maximum atomic E-state index is 13.4. The summed E-state index contributed by atoms with van der Waals surface area (Å²) < 4.78 is 31.3. The molecule has 0 unspecified atom stereocenters. The molecule has 0 aromatic heterocycles. The molecule has 0 radical (unpaired) electrons. The Morgan fingerprint density at radius 3 is 2.54 bits per heavy atom. The van der Waals surface area contributed by atoms with E-state index in [1.54, 1.807) is 34.1 Å². The van der Waals surface area contributed by atoms with E-state index in [1.807, 2.05) is 0 Å². The molecule has 2 aromatic rings. The monoisotopic (exact) mass is 389 g/mol. The third-order valence-electron chi connectivity index (χ3n) is 4.41. The number of hydrogen-bond acceptors (Lipinski definition) is 3. The van der Waals surface area contributed by atoms with Crippen LogP contribution < -0.4 is 10.2 Å². The molecule has 148 valence electrons. The van der Waals surface area contributed by atoms with E-state index in [0.717, 1.165) is 18.6 Å². The van der Waals surface area contributed by atoms with Gasteiger partial charge in [-0.15, -0.1) is 0 Å². The first-order chi connectivity index (χ1) is 13.5. The van der Waals surface area contributed by atoms with E-state index in [4.69, 9.17) is 4.74 Å². The average Bonchev–Trinajstić information content (AvgIpc) is 2.67. The SMILES string of the molecule is COCC(=O)Nc1ccc(N2CCCN(Cc3ccc(F)c(F)c3)C2=O)cc1. The van der Waals surface area contributed by atoms with E-state index >= 15 is 0 Å². The molecule has 0 saturated carbocycles. The van der Waals surface area contributed by atoms with Crippen LogP contribution in [0.4, 0.5) is 25.0 Å². The molecule has 28 heavy (non-hydrogen) atoms. The Morgan fingerprint density at radius 2 is 1.86 bits per heavy atom. The van der Waals surface area contributed by atoms with Gasteiger partial charge in [-0.3, -0.25) is 9.69 Å². The number of amides is 3. The zero-order valence-electron chi connectivity index (χ0n) is 15.5. The molecule has 6 nitrogen and oxygen atoms in total. The van der Waals surface area contributed by atoms with E-state index in [0.29, 0.717) is 30.0 Å². The minimum atomic E-state index is -0.926. The van der Waals surface area contributed by atoms with Gasteiger partial charge in [0.2, 0.25) is 5.91 Å². The Morgan fingerprint density at radius 1 is 1.11 bits per heavy atom. The number of nitrogens with zero attached hydrogens (tertiary/aromatic N) is 2. The summed E-state index contributed by atoms with van der Waals surface area (Å²) in [6.45, 7) is 1.27. The van der Waals surface area contributed by atoms with Crippen LogP contribution in [-0.2, 0) is 16.1 Å². The molecule has 1 aliphatic heterocycles. The molecular weight excluding hydrogens is 368 g/mol. The molecule has 1 heterocycles. The van der Waals surface area contributed by atoms with Gasteiger partial charge in [0.1, 0.15) is 6.61 Å². The maximum Gasteiger partial charge on any atom is 0.324 e. The van der Waals surface area contributed by atoms with Crippen LogP contribution in [0.3, 0.4) is 0 Å². The molecule has 1 aliphatic rings. The van der Waals surface area contributed by atoms with Crippen molar-refractivity contribution in [3.8, 4) is 0 Å². The van der Waals surface area contributed by atoms with E-state index in [2.05, 4.69) is 5.32 Å². The smallest absolute Gasteiger partial charge is 0.324 e. The fraction of sp³-hybridized carbons (Fsp3) is 0.300. The molecule has 1 N–H and O–H groups in total. The molecule has 2 aromatic carbocycles. The summed E-state index contributed by atoms with van der Waals surface area (Å²) in [5.41, 5.74) is 1.84. The maximum absolute atomic E-state index is 13.4. The first-order valence-electron chi connectivity index (χ1n) is 8.87. The topological polar surface area (TPSA) is 61.9 Å². The van der Waals surface area contributed by atoms with Crippen LogP contribution in [0.25, 0.3) is 0 Å². The Balaban J connectivity index is 1.68. The van der Waals surface area contributed by atoms with Crippen molar-refractivity contribution < 1.29 is 23.1 Å². The predicted molar refractivity (Wildman–Crippen MR) is 101 cm³/mol. The van der Waals surface area contributed by atoms with Gasteiger partial charge < -0.3 is 15.0 Å². The minimum Gasteiger partial charge on any atom is -0.375 e. The number of ether oxygens (including phenoxy) is 1. The third-order valence-corrected chi connectivity index (χ3v) is 4.41. The number of anilines is 2. The lowest BCUT2D eigenvalue weighted by Crippen LogP contribution is -2.49. The van der Waals surface area contributed by atoms with Crippen molar-refractivity contribution in [3.05, 3.63) is 59.7 Å². The van der Waals surface area contributed by atoms with E-state index < -0.39 is 11.6 Å². The average molecular weight is 389 g/mol. The summed E-state index contributed by atoms with van der Waals surface area (Å²) >= 11 is 0. The number of rotatable bonds is 6. The number of halogens is 2.